The fourth-order valence-corrected chi connectivity index (χ4v) is 3.64. The zero-order valence-electron chi connectivity index (χ0n) is 12.8. The average molecular weight is 259 g/mol. The van der Waals surface area contributed by atoms with Gasteiger partial charge in [0.25, 0.3) is 0 Å². The van der Waals surface area contributed by atoms with Gasteiger partial charge in [-0.15, -0.1) is 0 Å². The Morgan fingerprint density at radius 2 is 1.89 bits per heavy atom. The predicted molar refractivity (Wildman–Crippen MR) is 83.8 cm³/mol. The number of rotatable bonds is 5. The minimum absolute atomic E-state index is 0.757. The van der Waals surface area contributed by atoms with Crippen molar-refractivity contribution < 1.29 is 0 Å². The van der Waals surface area contributed by atoms with Crippen molar-refractivity contribution >= 4 is 0 Å². The van der Waals surface area contributed by atoms with E-state index < -0.39 is 0 Å². The van der Waals surface area contributed by atoms with E-state index in [1.807, 2.05) is 0 Å². The molecule has 0 heterocycles. The molecule has 1 fully saturated rings. The molecule has 19 heavy (non-hydrogen) atoms. The van der Waals surface area contributed by atoms with Crippen LogP contribution < -0.4 is 5.32 Å². The van der Waals surface area contributed by atoms with Crippen molar-refractivity contribution in [2.45, 2.75) is 58.3 Å². The molecular formula is C18H29N. The topological polar surface area (TPSA) is 12.0 Å². The highest BCUT2D eigenvalue weighted by atomic mass is 14.8. The third-order valence-corrected chi connectivity index (χ3v) is 4.76. The van der Waals surface area contributed by atoms with Crippen LogP contribution >= 0.6 is 0 Å². The largest absolute Gasteiger partial charge is 0.320 e. The molecule has 0 aromatic heterocycles. The van der Waals surface area contributed by atoms with Gasteiger partial charge in [0.2, 0.25) is 0 Å². The van der Waals surface area contributed by atoms with Crippen molar-refractivity contribution in [1.82, 2.24) is 5.32 Å². The lowest BCUT2D eigenvalue weighted by molar-refractivity contribution is 0.292. The molecule has 1 nitrogen and oxygen atoms in total. The van der Waals surface area contributed by atoms with Gasteiger partial charge in [-0.1, -0.05) is 43.0 Å². The van der Waals surface area contributed by atoms with Gasteiger partial charge < -0.3 is 5.32 Å². The zero-order chi connectivity index (χ0) is 13.7. The summed E-state index contributed by atoms with van der Waals surface area (Å²) in [5, 5.41) is 3.34. The van der Waals surface area contributed by atoms with Crippen LogP contribution in [0.15, 0.2) is 18.2 Å². The summed E-state index contributed by atoms with van der Waals surface area (Å²) in [4.78, 5) is 0. The Morgan fingerprint density at radius 3 is 2.58 bits per heavy atom. The van der Waals surface area contributed by atoms with Crippen molar-refractivity contribution in [2.75, 3.05) is 13.6 Å². The molecule has 1 saturated carbocycles. The van der Waals surface area contributed by atoms with E-state index in [2.05, 4.69) is 44.4 Å². The predicted octanol–water partition coefficient (Wildman–Crippen LogP) is 4.58. The summed E-state index contributed by atoms with van der Waals surface area (Å²) >= 11 is 0. The molecule has 1 aromatic carbocycles. The molecule has 0 saturated heterocycles. The molecule has 1 aliphatic rings. The smallest absolute Gasteiger partial charge is 0.00460 e. The third kappa shape index (κ3) is 3.82. The quantitative estimate of drug-likeness (QED) is 0.816. The van der Waals surface area contributed by atoms with Crippen LogP contribution in [0.4, 0.5) is 0 Å². The second-order valence-corrected chi connectivity index (χ2v) is 6.26. The van der Waals surface area contributed by atoms with Crippen molar-refractivity contribution in [3.05, 3.63) is 34.9 Å². The summed E-state index contributed by atoms with van der Waals surface area (Å²) < 4.78 is 0. The number of hydrogen-bond acceptors (Lipinski definition) is 1. The number of benzene rings is 1. The first-order valence-corrected chi connectivity index (χ1v) is 7.94. The van der Waals surface area contributed by atoms with Crippen LogP contribution in [0.25, 0.3) is 0 Å². The summed E-state index contributed by atoms with van der Waals surface area (Å²) in [6.45, 7) is 5.64. The minimum Gasteiger partial charge on any atom is -0.320 e. The van der Waals surface area contributed by atoms with Gasteiger partial charge in [-0.25, -0.2) is 0 Å². The lowest BCUT2D eigenvalue weighted by atomic mass is 9.74. The first kappa shape index (κ1) is 14.6. The standard InChI is InChI=1S/C18H29N/c1-14-9-10-15(2)18(13-14)17(11-12-19-3)16-7-5-4-6-8-16/h9-10,13,16-17,19H,4-8,11-12H2,1-3H3. The van der Waals surface area contributed by atoms with E-state index in [0.29, 0.717) is 0 Å². The van der Waals surface area contributed by atoms with Gasteiger partial charge in [0, 0.05) is 0 Å². The molecule has 0 radical (unpaired) electrons. The van der Waals surface area contributed by atoms with E-state index >= 15 is 0 Å². The summed E-state index contributed by atoms with van der Waals surface area (Å²) in [5.41, 5.74) is 4.50. The maximum absolute atomic E-state index is 3.34. The van der Waals surface area contributed by atoms with Crippen LogP contribution in [0.1, 0.15) is 61.1 Å². The SMILES string of the molecule is CNCCC(c1cc(C)ccc1C)C1CCCCC1. The maximum Gasteiger partial charge on any atom is -0.00460 e. The normalized spacial score (nSPS) is 18.5. The highest BCUT2D eigenvalue weighted by molar-refractivity contribution is 5.34. The summed E-state index contributed by atoms with van der Waals surface area (Å²) in [5.74, 6) is 1.66. The zero-order valence-corrected chi connectivity index (χ0v) is 12.8. The van der Waals surface area contributed by atoms with Crippen LogP contribution in [0.3, 0.4) is 0 Å². The molecule has 1 aliphatic carbocycles. The van der Waals surface area contributed by atoms with Gasteiger partial charge in [-0.3, -0.25) is 0 Å². The van der Waals surface area contributed by atoms with E-state index in [4.69, 9.17) is 0 Å². The van der Waals surface area contributed by atoms with E-state index in [0.717, 1.165) is 18.4 Å². The van der Waals surface area contributed by atoms with Crippen LogP contribution in [0.5, 0.6) is 0 Å². The van der Waals surface area contributed by atoms with E-state index in [1.54, 1.807) is 5.56 Å². The van der Waals surface area contributed by atoms with Crippen LogP contribution in [0, 0.1) is 19.8 Å². The molecule has 1 N–H and O–H groups in total. The van der Waals surface area contributed by atoms with Gasteiger partial charge in [0.15, 0.2) is 0 Å². The number of aryl methyl sites for hydroxylation is 2. The lowest BCUT2D eigenvalue weighted by Gasteiger charge is -2.32. The lowest BCUT2D eigenvalue weighted by Crippen LogP contribution is -2.21. The second-order valence-electron chi connectivity index (χ2n) is 6.26. The number of nitrogens with one attached hydrogen (secondary N) is 1. The van der Waals surface area contributed by atoms with Gasteiger partial charge in [0.1, 0.15) is 0 Å². The molecule has 0 bridgehead atoms. The monoisotopic (exact) mass is 259 g/mol. The van der Waals surface area contributed by atoms with Crippen molar-refractivity contribution in [3.63, 3.8) is 0 Å². The molecule has 0 spiro atoms. The van der Waals surface area contributed by atoms with Crippen molar-refractivity contribution in [3.8, 4) is 0 Å². The van der Waals surface area contributed by atoms with E-state index in [9.17, 15) is 0 Å². The van der Waals surface area contributed by atoms with Crippen molar-refractivity contribution in [2.24, 2.45) is 5.92 Å². The van der Waals surface area contributed by atoms with E-state index in [-0.39, 0.29) is 0 Å². The molecule has 1 atom stereocenters. The van der Waals surface area contributed by atoms with Gasteiger partial charge in [0.05, 0.1) is 0 Å². The Bertz CT molecular complexity index is 391. The summed E-state index contributed by atoms with van der Waals surface area (Å²) in [6.07, 6.45) is 8.47. The summed E-state index contributed by atoms with van der Waals surface area (Å²) in [6, 6.07) is 6.99. The Hall–Kier alpha value is -0.820. The Labute approximate surface area is 118 Å². The second kappa shape index (κ2) is 7.09. The van der Waals surface area contributed by atoms with Crippen molar-refractivity contribution in [1.29, 1.82) is 0 Å². The van der Waals surface area contributed by atoms with Gasteiger partial charge >= 0.3 is 0 Å². The first-order valence-electron chi connectivity index (χ1n) is 7.94. The Morgan fingerprint density at radius 1 is 1.16 bits per heavy atom. The van der Waals surface area contributed by atoms with Crippen LogP contribution in [-0.2, 0) is 0 Å². The summed E-state index contributed by atoms with van der Waals surface area (Å²) in [7, 11) is 2.07. The van der Waals surface area contributed by atoms with Crippen LogP contribution in [0.2, 0.25) is 0 Å². The molecule has 0 aliphatic heterocycles. The first-order chi connectivity index (χ1) is 9.22. The molecule has 0 amide bonds. The minimum atomic E-state index is 0.757. The average Bonchev–Trinajstić information content (AvgIpc) is 2.44. The molecule has 106 valence electrons. The highest BCUT2D eigenvalue weighted by Crippen LogP contribution is 2.39. The molecule has 2 rings (SSSR count). The van der Waals surface area contributed by atoms with Gasteiger partial charge in [-0.2, -0.15) is 0 Å². The van der Waals surface area contributed by atoms with Gasteiger partial charge in [-0.05, 0) is 69.7 Å². The number of hydrogen-bond donors (Lipinski definition) is 1. The molecule has 1 unspecified atom stereocenters. The Kier molecular flexibility index (Phi) is 5.45. The maximum atomic E-state index is 3.34. The Balaban J connectivity index is 2.22. The fraction of sp³-hybridized carbons (Fsp3) is 0.667. The van der Waals surface area contributed by atoms with E-state index in [1.165, 1.54) is 49.7 Å². The molecule has 1 aromatic rings. The van der Waals surface area contributed by atoms with Crippen LogP contribution in [-0.4, -0.2) is 13.6 Å². The molecule has 1 heteroatoms. The molecular weight excluding hydrogens is 230 g/mol. The fourth-order valence-electron chi connectivity index (χ4n) is 3.64. The highest BCUT2D eigenvalue weighted by Gasteiger charge is 2.25. The third-order valence-electron chi connectivity index (χ3n) is 4.76.